The highest BCUT2D eigenvalue weighted by atomic mass is 19.3. The van der Waals surface area contributed by atoms with Crippen LogP contribution >= 0.6 is 0 Å². The Morgan fingerprint density at radius 3 is 2.40 bits per heavy atom. The predicted molar refractivity (Wildman–Crippen MR) is 74.1 cm³/mol. The van der Waals surface area contributed by atoms with Gasteiger partial charge in [0.25, 0.3) is 5.92 Å². The molecule has 0 spiro atoms. The summed E-state index contributed by atoms with van der Waals surface area (Å²) >= 11 is 0. The highest BCUT2D eigenvalue weighted by Gasteiger charge is 2.26. The first-order valence-corrected chi connectivity index (χ1v) is 7.45. The van der Waals surface area contributed by atoms with Gasteiger partial charge in [-0.15, -0.1) is 0 Å². The van der Waals surface area contributed by atoms with Crippen LogP contribution in [0.15, 0.2) is 0 Å². The molecule has 6 heteroatoms. The molecule has 0 radical (unpaired) electrons. The van der Waals surface area contributed by atoms with E-state index in [-0.39, 0.29) is 24.7 Å². The maximum absolute atomic E-state index is 12.7. The second-order valence-electron chi connectivity index (χ2n) is 5.63. The van der Waals surface area contributed by atoms with Gasteiger partial charge in [-0.25, -0.2) is 13.6 Å². The molecule has 0 bridgehead atoms. The minimum absolute atomic E-state index is 0.101. The van der Waals surface area contributed by atoms with Crippen molar-refractivity contribution >= 4 is 6.09 Å². The normalized spacial score (nSPS) is 23.4. The molecule has 0 atom stereocenters. The van der Waals surface area contributed by atoms with Gasteiger partial charge < -0.3 is 15.4 Å². The van der Waals surface area contributed by atoms with E-state index in [9.17, 15) is 13.6 Å². The summed E-state index contributed by atoms with van der Waals surface area (Å²) in [6.45, 7) is 3.12. The molecule has 1 saturated carbocycles. The van der Waals surface area contributed by atoms with E-state index < -0.39 is 5.92 Å². The van der Waals surface area contributed by atoms with Crippen molar-refractivity contribution in [2.24, 2.45) is 0 Å². The molecule has 20 heavy (non-hydrogen) atoms. The molecule has 1 aliphatic rings. The lowest BCUT2D eigenvalue weighted by Gasteiger charge is -2.30. The first kappa shape index (κ1) is 17.1. The van der Waals surface area contributed by atoms with Crippen LogP contribution in [-0.2, 0) is 4.74 Å². The number of nitrogens with one attached hydrogen (secondary N) is 2. The molecular weight excluding hydrogens is 266 g/mol. The van der Waals surface area contributed by atoms with Crippen molar-refractivity contribution in [3.8, 4) is 0 Å². The highest BCUT2D eigenvalue weighted by Crippen LogP contribution is 2.20. The number of rotatable bonds is 7. The summed E-state index contributed by atoms with van der Waals surface area (Å²) in [5, 5.41) is 5.72. The maximum atomic E-state index is 12.7. The molecular formula is C14H26F2N2O2. The van der Waals surface area contributed by atoms with Gasteiger partial charge in [-0.3, -0.25) is 0 Å². The quantitative estimate of drug-likeness (QED) is 0.709. The Balaban J connectivity index is 2.14. The van der Waals surface area contributed by atoms with E-state index in [2.05, 4.69) is 10.6 Å². The van der Waals surface area contributed by atoms with Crippen LogP contribution in [0.4, 0.5) is 13.6 Å². The van der Waals surface area contributed by atoms with Gasteiger partial charge in [-0.2, -0.15) is 0 Å². The molecule has 1 rings (SSSR count). The monoisotopic (exact) mass is 292 g/mol. The smallest absolute Gasteiger partial charge is 0.407 e. The molecule has 118 valence electrons. The summed E-state index contributed by atoms with van der Waals surface area (Å²) < 4.78 is 30.5. The van der Waals surface area contributed by atoms with Gasteiger partial charge in [0.1, 0.15) is 0 Å². The molecule has 0 aliphatic heterocycles. The Labute approximate surface area is 119 Å². The Morgan fingerprint density at radius 2 is 1.85 bits per heavy atom. The summed E-state index contributed by atoms with van der Waals surface area (Å²) in [6, 6.07) is 0.222. The van der Waals surface area contributed by atoms with Gasteiger partial charge in [0.05, 0.1) is 13.2 Å². The summed E-state index contributed by atoms with van der Waals surface area (Å²) in [5.41, 5.74) is 0. The van der Waals surface area contributed by atoms with Crippen molar-refractivity contribution in [3.05, 3.63) is 0 Å². The Kier molecular flexibility index (Phi) is 7.19. The lowest BCUT2D eigenvalue weighted by atomic mass is 9.91. The van der Waals surface area contributed by atoms with Gasteiger partial charge in [0.2, 0.25) is 0 Å². The average molecular weight is 292 g/mol. The van der Waals surface area contributed by atoms with Crippen LogP contribution in [0.1, 0.15) is 52.4 Å². The number of alkyl carbamates (subject to hydrolysis) is 1. The van der Waals surface area contributed by atoms with Crippen LogP contribution < -0.4 is 10.6 Å². The van der Waals surface area contributed by atoms with Gasteiger partial charge in [0.15, 0.2) is 0 Å². The Bertz CT molecular complexity index is 287. The summed E-state index contributed by atoms with van der Waals surface area (Å²) in [4.78, 5) is 11.5. The molecule has 0 aromatic rings. The van der Waals surface area contributed by atoms with Crippen LogP contribution in [0.5, 0.6) is 0 Å². The largest absolute Gasteiger partial charge is 0.450 e. The first-order valence-electron chi connectivity index (χ1n) is 7.45. The number of carbonyl (C=O) groups is 1. The molecule has 0 saturated heterocycles. The lowest BCUT2D eigenvalue weighted by Crippen LogP contribution is -2.44. The molecule has 1 amide bonds. The summed E-state index contributed by atoms with van der Waals surface area (Å²) in [7, 11) is 0. The zero-order valence-electron chi connectivity index (χ0n) is 12.4. The standard InChI is InChI=1S/C14H26F2N2O2/c1-3-4-9-20-13(19)18-12-7-5-11(6-8-12)17-10-14(2,15)16/h11-12,17H,3-10H2,1-2H3,(H,18,19). The Hall–Kier alpha value is -0.910. The van der Waals surface area contributed by atoms with Crippen molar-refractivity contribution in [3.63, 3.8) is 0 Å². The van der Waals surface area contributed by atoms with E-state index in [1.807, 2.05) is 6.92 Å². The molecule has 0 aromatic carbocycles. The van der Waals surface area contributed by atoms with Crippen LogP contribution in [0.2, 0.25) is 0 Å². The number of ether oxygens (including phenoxy) is 1. The van der Waals surface area contributed by atoms with Gasteiger partial charge in [-0.05, 0) is 32.1 Å². The minimum atomic E-state index is -2.67. The third-order valence-corrected chi connectivity index (χ3v) is 3.48. The van der Waals surface area contributed by atoms with E-state index >= 15 is 0 Å². The number of carbonyl (C=O) groups excluding carboxylic acids is 1. The fourth-order valence-electron chi connectivity index (χ4n) is 2.28. The molecule has 0 heterocycles. The van der Waals surface area contributed by atoms with Gasteiger partial charge in [-0.1, -0.05) is 13.3 Å². The fourth-order valence-corrected chi connectivity index (χ4v) is 2.28. The van der Waals surface area contributed by atoms with Crippen molar-refractivity contribution in [1.82, 2.24) is 10.6 Å². The van der Waals surface area contributed by atoms with Crippen molar-refractivity contribution in [2.45, 2.75) is 70.4 Å². The van der Waals surface area contributed by atoms with E-state index in [1.54, 1.807) is 0 Å². The number of alkyl halides is 2. The second kappa shape index (κ2) is 8.39. The van der Waals surface area contributed by atoms with Crippen LogP contribution in [-0.4, -0.2) is 37.3 Å². The zero-order chi connectivity index (χ0) is 15.0. The predicted octanol–water partition coefficient (Wildman–Crippen LogP) is 3.07. The molecule has 1 fully saturated rings. The van der Waals surface area contributed by atoms with Crippen molar-refractivity contribution in [2.75, 3.05) is 13.2 Å². The third kappa shape index (κ3) is 7.62. The SMILES string of the molecule is CCCCOC(=O)NC1CCC(NCC(C)(F)F)CC1. The fraction of sp³-hybridized carbons (Fsp3) is 0.929. The lowest BCUT2D eigenvalue weighted by molar-refractivity contribution is 0.0184. The van der Waals surface area contributed by atoms with Gasteiger partial charge >= 0.3 is 6.09 Å². The summed E-state index contributed by atoms with van der Waals surface area (Å²) in [6.07, 6.45) is 4.70. The molecule has 1 aliphatic carbocycles. The summed E-state index contributed by atoms with van der Waals surface area (Å²) in [5.74, 6) is -2.67. The molecule has 4 nitrogen and oxygen atoms in total. The van der Waals surface area contributed by atoms with Crippen molar-refractivity contribution < 1.29 is 18.3 Å². The van der Waals surface area contributed by atoms with Crippen LogP contribution in [0, 0.1) is 0 Å². The van der Waals surface area contributed by atoms with E-state index in [1.165, 1.54) is 0 Å². The number of unbranched alkanes of at least 4 members (excludes halogenated alkanes) is 1. The maximum Gasteiger partial charge on any atom is 0.407 e. The Morgan fingerprint density at radius 1 is 1.25 bits per heavy atom. The topological polar surface area (TPSA) is 50.4 Å². The first-order chi connectivity index (χ1) is 9.40. The molecule has 0 unspecified atom stereocenters. The van der Waals surface area contributed by atoms with Crippen molar-refractivity contribution in [1.29, 1.82) is 0 Å². The average Bonchev–Trinajstić information content (AvgIpc) is 2.37. The number of halogens is 2. The number of hydrogen-bond donors (Lipinski definition) is 2. The minimum Gasteiger partial charge on any atom is -0.450 e. The third-order valence-electron chi connectivity index (χ3n) is 3.48. The second-order valence-corrected chi connectivity index (χ2v) is 5.63. The number of amides is 1. The zero-order valence-corrected chi connectivity index (χ0v) is 12.4. The highest BCUT2D eigenvalue weighted by molar-refractivity contribution is 5.67. The van der Waals surface area contributed by atoms with Gasteiger partial charge in [0, 0.05) is 19.0 Å². The van der Waals surface area contributed by atoms with E-state index in [4.69, 9.17) is 4.74 Å². The van der Waals surface area contributed by atoms with Crippen LogP contribution in [0.3, 0.4) is 0 Å². The molecule has 0 aromatic heterocycles. The molecule has 2 N–H and O–H groups in total. The van der Waals surface area contributed by atoms with E-state index in [0.29, 0.717) is 6.61 Å². The van der Waals surface area contributed by atoms with Crippen LogP contribution in [0.25, 0.3) is 0 Å². The van der Waals surface area contributed by atoms with E-state index in [0.717, 1.165) is 45.4 Å². The number of hydrogen-bond acceptors (Lipinski definition) is 3.